The van der Waals surface area contributed by atoms with Crippen molar-refractivity contribution in [2.75, 3.05) is 26.7 Å². The smallest absolute Gasteiger partial charge is 0.263 e. The van der Waals surface area contributed by atoms with Crippen LogP contribution < -0.4 is 5.32 Å². The molecule has 2 rings (SSSR count). The molecule has 0 radical (unpaired) electrons. The quantitative estimate of drug-likeness (QED) is 0.777. The molecule has 0 aliphatic carbocycles. The molecule has 1 aromatic heterocycles. The second kappa shape index (κ2) is 9.16. The first-order chi connectivity index (χ1) is 11.5. The maximum Gasteiger partial charge on any atom is 0.263 e. The van der Waals surface area contributed by atoms with E-state index in [0.717, 1.165) is 46.5 Å². The lowest BCUT2D eigenvalue weighted by Crippen LogP contribution is -2.32. The summed E-state index contributed by atoms with van der Waals surface area (Å²) in [5, 5.41) is 4.71. The molecule has 0 aliphatic rings. The average molecular weight is 366 g/mol. The minimum Gasteiger partial charge on any atom is -0.350 e. The number of nitrogens with zero attached hydrogens (tertiary/aromatic N) is 2. The van der Waals surface area contributed by atoms with Gasteiger partial charge < -0.3 is 10.2 Å². The van der Waals surface area contributed by atoms with Gasteiger partial charge in [-0.25, -0.2) is 4.98 Å². The van der Waals surface area contributed by atoms with Crippen LogP contribution in [0.5, 0.6) is 0 Å². The van der Waals surface area contributed by atoms with Crippen molar-refractivity contribution in [3.63, 3.8) is 0 Å². The van der Waals surface area contributed by atoms with E-state index in [1.54, 1.807) is 0 Å². The number of amides is 1. The van der Waals surface area contributed by atoms with Gasteiger partial charge in [0.25, 0.3) is 5.91 Å². The van der Waals surface area contributed by atoms with Crippen LogP contribution in [-0.2, 0) is 12.8 Å². The van der Waals surface area contributed by atoms with Gasteiger partial charge in [0, 0.05) is 24.5 Å². The first-order valence-electron chi connectivity index (χ1n) is 8.17. The third kappa shape index (κ3) is 5.58. The summed E-state index contributed by atoms with van der Waals surface area (Å²) in [6.45, 7) is 6.47. The van der Waals surface area contributed by atoms with Gasteiger partial charge in [0.05, 0.1) is 10.7 Å². The summed E-state index contributed by atoms with van der Waals surface area (Å²) in [6.07, 6.45) is 1.69. The number of hydrogen-bond acceptors (Lipinski definition) is 4. The Morgan fingerprint density at radius 1 is 1.38 bits per heavy atom. The number of likely N-dealkylation sites (N-methyl/N-ethyl adjacent to an activating group) is 1. The summed E-state index contributed by atoms with van der Waals surface area (Å²) in [5.41, 5.74) is 1.99. The zero-order valence-electron chi connectivity index (χ0n) is 14.4. The highest BCUT2D eigenvalue weighted by Gasteiger charge is 2.15. The van der Waals surface area contributed by atoms with Crippen LogP contribution in [0.1, 0.15) is 32.9 Å². The topological polar surface area (TPSA) is 45.2 Å². The Balaban J connectivity index is 1.90. The number of rotatable bonds is 8. The first kappa shape index (κ1) is 18.9. The van der Waals surface area contributed by atoms with Crippen molar-refractivity contribution in [2.24, 2.45) is 0 Å². The molecule has 2 aromatic rings. The number of thiazole rings is 1. The van der Waals surface area contributed by atoms with Gasteiger partial charge in [0.2, 0.25) is 0 Å². The molecular formula is C18H24ClN3OS. The third-order valence-corrected chi connectivity index (χ3v) is 5.33. The van der Waals surface area contributed by atoms with E-state index < -0.39 is 0 Å². The summed E-state index contributed by atoms with van der Waals surface area (Å²) >= 11 is 7.50. The van der Waals surface area contributed by atoms with Crippen molar-refractivity contribution in [1.82, 2.24) is 15.2 Å². The predicted octanol–water partition coefficient (Wildman–Crippen LogP) is 3.57. The van der Waals surface area contributed by atoms with Crippen LogP contribution in [0.25, 0.3) is 0 Å². The van der Waals surface area contributed by atoms with Gasteiger partial charge in [-0.3, -0.25) is 4.79 Å². The normalized spacial score (nSPS) is 11.0. The molecule has 0 atom stereocenters. The van der Waals surface area contributed by atoms with E-state index in [0.29, 0.717) is 6.54 Å². The van der Waals surface area contributed by atoms with Crippen molar-refractivity contribution in [2.45, 2.75) is 26.7 Å². The average Bonchev–Trinajstić information content (AvgIpc) is 2.93. The van der Waals surface area contributed by atoms with E-state index >= 15 is 0 Å². The minimum absolute atomic E-state index is 0.0245. The second-order valence-electron chi connectivity index (χ2n) is 5.80. The largest absolute Gasteiger partial charge is 0.350 e. The Kier molecular flexibility index (Phi) is 7.21. The zero-order chi connectivity index (χ0) is 17.5. The van der Waals surface area contributed by atoms with Gasteiger partial charge in [0.15, 0.2) is 0 Å². The standard InChI is InChI=1S/C18H24ClN3OS/c1-4-22(3)11-10-20-18(23)17-13(2)21-16(24-17)9-8-14-6-5-7-15(19)12-14/h5-7,12H,4,8-11H2,1-3H3,(H,20,23). The first-order valence-corrected chi connectivity index (χ1v) is 9.36. The molecule has 0 fully saturated rings. The molecule has 4 nitrogen and oxygen atoms in total. The molecule has 1 heterocycles. The summed E-state index contributed by atoms with van der Waals surface area (Å²) in [5.74, 6) is -0.0245. The van der Waals surface area contributed by atoms with E-state index in [1.165, 1.54) is 16.9 Å². The van der Waals surface area contributed by atoms with Gasteiger partial charge in [-0.1, -0.05) is 30.7 Å². The maximum atomic E-state index is 12.3. The van der Waals surface area contributed by atoms with Crippen LogP contribution in [0.15, 0.2) is 24.3 Å². The molecule has 0 aliphatic heterocycles. The van der Waals surface area contributed by atoms with Crippen LogP contribution in [0.4, 0.5) is 0 Å². The Morgan fingerprint density at radius 2 is 2.17 bits per heavy atom. The summed E-state index contributed by atoms with van der Waals surface area (Å²) in [4.78, 5) is 19.7. The molecule has 0 saturated carbocycles. The second-order valence-corrected chi connectivity index (χ2v) is 7.32. The van der Waals surface area contributed by atoms with Crippen LogP contribution in [-0.4, -0.2) is 42.5 Å². The Morgan fingerprint density at radius 3 is 2.88 bits per heavy atom. The van der Waals surface area contributed by atoms with E-state index in [-0.39, 0.29) is 5.91 Å². The van der Waals surface area contributed by atoms with E-state index in [1.807, 2.05) is 32.2 Å². The number of halogens is 1. The Bertz CT molecular complexity index is 687. The van der Waals surface area contributed by atoms with E-state index in [9.17, 15) is 4.79 Å². The van der Waals surface area contributed by atoms with Crippen molar-refractivity contribution in [1.29, 1.82) is 0 Å². The number of benzene rings is 1. The van der Waals surface area contributed by atoms with E-state index in [2.05, 4.69) is 28.2 Å². The summed E-state index contributed by atoms with van der Waals surface area (Å²) in [7, 11) is 2.04. The van der Waals surface area contributed by atoms with Gasteiger partial charge in [-0.15, -0.1) is 11.3 Å². The van der Waals surface area contributed by atoms with E-state index in [4.69, 9.17) is 11.6 Å². The molecule has 0 unspecified atom stereocenters. The highest BCUT2D eigenvalue weighted by molar-refractivity contribution is 7.13. The summed E-state index contributed by atoms with van der Waals surface area (Å²) in [6, 6.07) is 7.86. The fourth-order valence-corrected chi connectivity index (χ4v) is 3.51. The molecule has 6 heteroatoms. The van der Waals surface area contributed by atoms with Crippen LogP contribution in [0.3, 0.4) is 0 Å². The molecule has 1 aromatic carbocycles. The number of carbonyl (C=O) groups is 1. The number of hydrogen-bond donors (Lipinski definition) is 1. The number of nitrogens with one attached hydrogen (secondary N) is 1. The SMILES string of the molecule is CCN(C)CCNC(=O)c1sc(CCc2cccc(Cl)c2)nc1C. The lowest BCUT2D eigenvalue weighted by Gasteiger charge is -2.13. The number of aromatic nitrogens is 1. The molecule has 1 N–H and O–H groups in total. The lowest BCUT2D eigenvalue weighted by molar-refractivity contribution is 0.0953. The zero-order valence-corrected chi connectivity index (χ0v) is 16.0. The molecule has 24 heavy (non-hydrogen) atoms. The Hall–Kier alpha value is -1.43. The number of carbonyl (C=O) groups excluding carboxylic acids is 1. The number of aryl methyl sites for hydroxylation is 3. The molecule has 0 bridgehead atoms. The predicted molar refractivity (Wildman–Crippen MR) is 101 cm³/mol. The minimum atomic E-state index is -0.0245. The highest BCUT2D eigenvalue weighted by atomic mass is 35.5. The van der Waals surface area contributed by atoms with Gasteiger partial charge in [-0.05, 0) is 44.6 Å². The summed E-state index contributed by atoms with van der Waals surface area (Å²) < 4.78 is 0. The molecule has 130 valence electrons. The highest BCUT2D eigenvalue weighted by Crippen LogP contribution is 2.20. The lowest BCUT2D eigenvalue weighted by atomic mass is 10.1. The molecule has 0 spiro atoms. The van der Waals surface area contributed by atoms with Gasteiger partial charge >= 0.3 is 0 Å². The van der Waals surface area contributed by atoms with Crippen molar-refractivity contribution >= 4 is 28.8 Å². The molecule has 0 saturated heterocycles. The van der Waals surface area contributed by atoms with Crippen molar-refractivity contribution in [3.05, 3.63) is 50.4 Å². The van der Waals surface area contributed by atoms with Crippen LogP contribution in [0.2, 0.25) is 5.02 Å². The Labute approximate surface area is 152 Å². The third-order valence-electron chi connectivity index (χ3n) is 3.88. The van der Waals surface area contributed by atoms with Gasteiger partial charge in [-0.2, -0.15) is 0 Å². The molecule has 1 amide bonds. The van der Waals surface area contributed by atoms with Crippen LogP contribution >= 0.6 is 22.9 Å². The van der Waals surface area contributed by atoms with Crippen LogP contribution in [0, 0.1) is 6.92 Å². The maximum absolute atomic E-state index is 12.3. The van der Waals surface area contributed by atoms with Gasteiger partial charge in [0.1, 0.15) is 4.88 Å². The monoisotopic (exact) mass is 365 g/mol. The van der Waals surface area contributed by atoms with Crippen molar-refractivity contribution < 1.29 is 4.79 Å². The fraction of sp³-hybridized carbons (Fsp3) is 0.444. The fourth-order valence-electron chi connectivity index (χ4n) is 2.31. The van der Waals surface area contributed by atoms with Crippen molar-refractivity contribution in [3.8, 4) is 0 Å². The molecular weight excluding hydrogens is 342 g/mol.